The van der Waals surface area contributed by atoms with Crippen molar-refractivity contribution >= 4 is 47.1 Å². The third-order valence-corrected chi connectivity index (χ3v) is 9.77. The molecule has 0 bridgehead atoms. The van der Waals surface area contributed by atoms with Gasteiger partial charge in [0.25, 0.3) is 0 Å². The van der Waals surface area contributed by atoms with E-state index in [1.165, 1.54) is 15.8 Å². The lowest BCUT2D eigenvalue weighted by molar-refractivity contribution is -0.145. The summed E-state index contributed by atoms with van der Waals surface area (Å²) in [5, 5.41) is 24.5. The number of halogens is 3. The van der Waals surface area contributed by atoms with Gasteiger partial charge < -0.3 is 25.4 Å². The number of carboxylic acid groups (broad SMARTS) is 1. The molecule has 5 atom stereocenters. The van der Waals surface area contributed by atoms with Crippen molar-refractivity contribution in [2.45, 2.75) is 101 Å². The van der Waals surface area contributed by atoms with Crippen molar-refractivity contribution in [3.63, 3.8) is 0 Å². The quantitative estimate of drug-likeness (QED) is 0.209. The third-order valence-electron chi connectivity index (χ3n) is 9.77. The highest BCUT2D eigenvalue weighted by Crippen LogP contribution is 2.45. The van der Waals surface area contributed by atoms with Gasteiger partial charge in [-0.1, -0.05) is 67.5 Å². The van der Waals surface area contributed by atoms with E-state index < -0.39 is 70.8 Å². The molecule has 0 unspecified atom stereocenters. The molecule has 0 spiro atoms. The Morgan fingerprint density at radius 2 is 1.81 bits per heavy atom. The lowest BCUT2D eigenvalue weighted by atomic mass is 10.0. The summed E-state index contributed by atoms with van der Waals surface area (Å²) in [6, 6.07) is 7.89. The molecule has 1 saturated heterocycles. The molecule has 1 aromatic heterocycles. The molecule has 12 nitrogen and oxygen atoms in total. The van der Waals surface area contributed by atoms with Crippen molar-refractivity contribution in [3.05, 3.63) is 71.3 Å². The Morgan fingerprint density at radius 1 is 1.06 bits per heavy atom. The number of nitrogens with zero attached hydrogens (tertiary/aromatic N) is 4. The van der Waals surface area contributed by atoms with Crippen LogP contribution in [-0.2, 0) is 25.3 Å². The molecule has 3 heterocycles. The topological polar surface area (TPSA) is 156 Å². The van der Waals surface area contributed by atoms with Crippen LogP contribution in [0.5, 0.6) is 0 Å². The second-order valence-electron chi connectivity index (χ2n) is 14.9. The first kappa shape index (κ1) is 37.5. The van der Waals surface area contributed by atoms with E-state index in [2.05, 4.69) is 20.8 Å². The highest BCUT2D eigenvalue weighted by Gasteiger charge is 2.61. The Morgan fingerprint density at radius 3 is 2.51 bits per heavy atom. The standard InChI is InChI=1S/C38H43F3N6O6/c1-36(2,3)53-35(52)42-28-15-11-6-4-5-10-14-25-21-37(25,34(50)51)43-32(48)30-20-27(22-46(30)33(28)49)47-44-29-19-26(38(39,40)41)18-24(31(29)45-47)17-16-23-12-8-7-9-13-23/h7-10,12-14,16-19,25,27-28,30H,4-6,11,15,20-22H2,1-3H3,(H,42,52)(H,43,48)(H,50,51)/t25-,27+,28+,30+,37-/m1/s1. The van der Waals surface area contributed by atoms with Crippen LogP contribution in [0.3, 0.4) is 0 Å². The molecule has 2 aromatic carbocycles. The number of carboxylic acids is 1. The van der Waals surface area contributed by atoms with Gasteiger partial charge in [-0.2, -0.15) is 28.2 Å². The second kappa shape index (κ2) is 14.7. The Hall–Kier alpha value is -5.21. The van der Waals surface area contributed by atoms with Gasteiger partial charge in [0.05, 0.1) is 11.6 Å². The van der Waals surface area contributed by atoms with Gasteiger partial charge in [0.1, 0.15) is 34.3 Å². The summed E-state index contributed by atoms with van der Waals surface area (Å²) >= 11 is 0. The van der Waals surface area contributed by atoms with Crippen LogP contribution in [0.25, 0.3) is 23.2 Å². The number of rotatable bonds is 5. The largest absolute Gasteiger partial charge is 0.479 e. The molecule has 0 radical (unpaired) electrons. The van der Waals surface area contributed by atoms with Crippen molar-refractivity contribution in [1.82, 2.24) is 30.5 Å². The first-order chi connectivity index (χ1) is 25.0. The summed E-state index contributed by atoms with van der Waals surface area (Å²) in [6.07, 6.45) is 4.57. The molecule has 2 aliphatic heterocycles. The van der Waals surface area contributed by atoms with Crippen LogP contribution >= 0.6 is 0 Å². The summed E-state index contributed by atoms with van der Waals surface area (Å²) in [5.41, 5.74) is -2.21. The molecule has 2 fully saturated rings. The Kier molecular flexibility index (Phi) is 10.4. The van der Waals surface area contributed by atoms with E-state index in [9.17, 15) is 37.5 Å². The molecule has 3 aliphatic rings. The smallest absolute Gasteiger partial charge is 0.416 e. The number of benzene rings is 2. The van der Waals surface area contributed by atoms with E-state index in [1.54, 1.807) is 57.2 Å². The molecule has 6 rings (SSSR count). The van der Waals surface area contributed by atoms with Gasteiger partial charge in [-0.15, -0.1) is 0 Å². The monoisotopic (exact) mass is 736 g/mol. The molecule has 282 valence electrons. The molecule has 1 aliphatic carbocycles. The fraction of sp³-hybridized carbons (Fsp3) is 0.474. The normalized spacial score (nSPS) is 25.7. The fourth-order valence-electron chi connectivity index (χ4n) is 6.96. The zero-order valence-electron chi connectivity index (χ0n) is 29.7. The first-order valence-corrected chi connectivity index (χ1v) is 17.8. The summed E-state index contributed by atoms with van der Waals surface area (Å²) < 4.78 is 47.5. The van der Waals surface area contributed by atoms with Crippen LogP contribution < -0.4 is 10.6 Å². The lowest BCUT2D eigenvalue weighted by Crippen LogP contribution is -2.56. The van der Waals surface area contributed by atoms with E-state index in [1.807, 2.05) is 12.1 Å². The maximum atomic E-state index is 14.4. The van der Waals surface area contributed by atoms with Crippen LogP contribution in [-0.4, -0.2) is 78.6 Å². The number of alkyl halides is 3. The number of amides is 3. The molecule has 15 heteroatoms. The van der Waals surface area contributed by atoms with Gasteiger partial charge in [0.15, 0.2) is 0 Å². The Bertz CT molecular complexity index is 1940. The highest BCUT2D eigenvalue weighted by molar-refractivity contribution is 5.96. The first-order valence-electron chi connectivity index (χ1n) is 17.8. The number of nitrogens with one attached hydrogen (secondary N) is 2. The van der Waals surface area contributed by atoms with E-state index >= 15 is 0 Å². The number of alkyl carbamates (subject to hydrolysis) is 1. The lowest BCUT2D eigenvalue weighted by Gasteiger charge is -2.30. The number of fused-ring (bicyclic) bond motifs is 3. The van der Waals surface area contributed by atoms with Crippen molar-refractivity contribution in [2.24, 2.45) is 5.92 Å². The van der Waals surface area contributed by atoms with Gasteiger partial charge >= 0.3 is 18.2 Å². The molecule has 53 heavy (non-hydrogen) atoms. The van der Waals surface area contributed by atoms with Crippen molar-refractivity contribution in [3.8, 4) is 0 Å². The maximum absolute atomic E-state index is 14.4. The summed E-state index contributed by atoms with van der Waals surface area (Å²) in [4.78, 5) is 56.3. The summed E-state index contributed by atoms with van der Waals surface area (Å²) in [6.45, 7) is 4.94. The number of allylic oxidation sites excluding steroid dienone is 1. The molecule has 1 saturated carbocycles. The number of hydrogen-bond donors (Lipinski definition) is 3. The van der Waals surface area contributed by atoms with Gasteiger partial charge in [-0.3, -0.25) is 9.59 Å². The fourth-order valence-corrected chi connectivity index (χ4v) is 6.96. The van der Waals surface area contributed by atoms with Crippen LogP contribution in [0.1, 0.15) is 88.4 Å². The number of carbonyl (C=O) groups excluding carboxylic acids is 3. The second-order valence-corrected chi connectivity index (χ2v) is 14.9. The Labute approximate surface area is 304 Å². The van der Waals surface area contributed by atoms with E-state index in [-0.39, 0.29) is 42.4 Å². The zero-order chi connectivity index (χ0) is 38.1. The van der Waals surface area contributed by atoms with Crippen molar-refractivity contribution in [2.75, 3.05) is 6.54 Å². The van der Waals surface area contributed by atoms with E-state index in [4.69, 9.17) is 4.74 Å². The van der Waals surface area contributed by atoms with Crippen LogP contribution in [0.4, 0.5) is 18.0 Å². The van der Waals surface area contributed by atoms with Crippen LogP contribution in [0.2, 0.25) is 0 Å². The van der Waals surface area contributed by atoms with E-state index in [0.29, 0.717) is 12.8 Å². The zero-order valence-corrected chi connectivity index (χ0v) is 29.7. The minimum atomic E-state index is -4.67. The van der Waals surface area contributed by atoms with Crippen LogP contribution in [0, 0.1) is 5.92 Å². The predicted octanol–water partition coefficient (Wildman–Crippen LogP) is 6.14. The molecular formula is C38H43F3N6O6. The molecule has 3 aromatic rings. The third kappa shape index (κ3) is 8.55. The summed E-state index contributed by atoms with van der Waals surface area (Å²) in [7, 11) is 0. The number of aromatic nitrogens is 3. The highest BCUT2D eigenvalue weighted by atomic mass is 19.4. The number of carbonyl (C=O) groups is 4. The van der Waals surface area contributed by atoms with Gasteiger partial charge in [-0.05, 0) is 64.2 Å². The average molecular weight is 737 g/mol. The van der Waals surface area contributed by atoms with Crippen molar-refractivity contribution < 1.29 is 42.2 Å². The SMILES string of the molecule is CC(C)(C)OC(=O)N[C@H]1CCCCCC=C[C@@H]2C[C@@]2(C(=O)O)NC(=O)[C@@H]2C[C@H](n3nc4cc(C(F)(F)F)cc(C=Cc5ccccc5)c4n3)CN2C1=O. The molecule has 3 amide bonds. The predicted molar refractivity (Wildman–Crippen MR) is 189 cm³/mol. The molecular weight excluding hydrogens is 693 g/mol. The van der Waals surface area contributed by atoms with Gasteiger partial charge in [-0.25, -0.2) is 9.59 Å². The van der Waals surface area contributed by atoms with E-state index in [0.717, 1.165) is 30.5 Å². The Balaban J connectivity index is 1.37. The number of ether oxygens (including phenoxy) is 1. The number of hydrogen-bond acceptors (Lipinski definition) is 7. The minimum Gasteiger partial charge on any atom is -0.479 e. The summed E-state index contributed by atoms with van der Waals surface area (Å²) in [5.74, 6) is -2.91. The van der Waals surface area contributed by atoms with Crippen LogP contribution in [0.15, 0.2) is 54.6 Å². The van der Waals surface area contributed by atoms with Crippen molar-refractivity contribution in [1.29, 1.82) is 0 Å². The molecule has 3 N–H and O–H groups in total. The average Bonchev–Trinajstić information content (AvgIpc) is 3.38. The maximum Gasteiger partial charge on any atom is 0.416 e. The van der Waals surface area contributed by atoms with Gasteiger partial charge in [0, 0.05) is 24.4 Å². The number of aliphatic carboxylic acids is 1. The minimum absolute atomic E-state index is 0.0327. The van der Waals surface area contributed by atoms with Gasteiger partial charge in [0.2, 0.25) is 11.8 Å².